The van der Waals surface area contributed by atoms with Gasteiger partial charge in [-0.1, -0.05) is 31.0 Å². The van der Waals surface area contributed by atoms with Gasteiger partial charge in [-0.15, -0.1) is 0 Å². The predicted molar refractivity (Wildman–Crippen MR) is 111 cm³/mol. The largest absolute Gasteiger partial charge is 0.497 e. The van der Waals surface area contributed by atoms with Crippen LogP contribution in [0.25, 0.3) is 0 Å². The molecule has 0 radical (unpaired) electrons. The zero-order chi connectivity index (χ0) is 19.4. The number of anilines is 1. The van der Waals surface area contributed by atoms with Crippen LogP contribution in [0.1, 0.15) is 56.5 Å². The van der Waals surface area contributed by atoms with E-state index in [1.165, 1.54) is 37.8 Å². The molecule has 27 heavy (non-hydrogen) atoms. The normalized spacial score (nSPS) is 16.1. The van der Waals surface area contributed by atoms with Gasteiger partial charge < -0.3 is 14.6 Å². The summed E-state index contributed by atoms with van der Waals surface area (Å²) in [7, 11) is 1.63. The van der Waals surface area contributed by atoms with Crippen LogP contribution in [0, 0.1) is 13.8 Å². The van der Waals surface area contributed by atoms with Crippen molar-refractivity contribution in [3.8, 4) is 5.75 Å². The summed E-state index contributed by atoms with van der Waals surface area (Å²) in [5.41, 5.74) is 3.06. The van der Waals surface area contributed by atoms with Gasteiger partial charge in [-0.3, -0.25) is 4.79 Å². The number of methoxy groups -OCH3 is 1. The number of amides is 1. The van der Waals surface area contributed by atoms with Crippen LogP contribution in [0.3, 0.4) is 0 Å². The van der Waals surface area contributed by atoms with Crippen molar-refractivity contribution < 1.29 is 9.53 Å². The Bertz CT molecular complexity index is 779. The quantitative estimate of drug-likeness (QED) is 0.698. The van der Waals surface area contributed by atoms with E-state index in [4.69, 9.17) is 9.72 Å². The minimum Gasteiger partial charge on any atom is -0.497 e. The lowest BCUT2D eigenvalue weighted by atomic mass is 9.95. The lowest BCUT2D eigenvalue weighted by Crippen LogP contribution is -2.23. The van der Waals surface area contributed by atoms with Crippen molar-refractivity contribution in [3.05, 3.63) is 35.7 Å². The first-order valence-electron chi connectivity index (χ1n) is 9.66. The van der Waals surface area contributed by atoms with E-state index in [1.807, 2.05) is 31.2 Å². The van der Waals surface area contributed by atoms with Crippen LogP contribution >= 0.6 is 11.8 Å². The second kappa shape index (κ2) is 8.83. The molecule has 5 nitrogen and oxygen atoms in total. The summed E-state index contributed by atoms with van der Waals surface area (Å²) < 4.78 is 7.53. The van der Waals surface area contributed by atoms with Crippen LogP contribution in [0.15, 0.2) is 29.4 Å². The number of carbonyl (C=O) groups excluding carboxylic acids is 1. The number of carbonyl (C=O) groups is 1. The first-order valence-corrected chi connectivity index (χ1v) is 10.5. The van der Waals surface area contributed by atoms with Crippen LogP contribution in [-0.4, -0.2) is 27.8 Å². The Kier molecular flexibility index (Phi) is 6.47. The Morgan fingerprint density at radius 2 is 1.89 bits per heavy atom. The molecule has 0 bridgehead atoms. The molecule has 0 saturated heterocycles. The molecule has 2 aromatic rings. The molecule has 146 valence electrons. The van der Waals surface area contributed by atoms with Gasteiger partial charge in [-0.25, -0.2) is 4.98 Å². The summed E-state index contributed by atoms with van der Waals surface area (Å²) in [5.74, 6) is 0.759. The molecule has 1 atom stereocenters. The number of hydrogen-bond acceptors (Lipinski definition) is 4. The summed E-state index contributed by atoms with van der Waals surface area (Å²) in [4.78, 5) is 17.4. The molecule has 1 aromatic carbocycles. The number of rotatable bonds is 6. The lowest BCUT2D eigenvalue weighted by molar-refractivity contribution is -0.115. The third-order valence-electron chi connectivity index (χ3n) is 5.30. The van der Waals surface area contributed by atoms with Gasteiger partial charge in [0.25, 0.3) is 0 Å². The Morgan fingerprint density at radius 3 is 2.52 bits per heavy atom. The number of ether oxygens (including phenoxy) is 1. The van der Waals surface area contributed by atoms with Gasteiger partial charge >= 0.3 is 0 Å². The number of aryl methyl sites for hydroxylation is 1. The Morgan fingerprint density at radius 1 is 1.22 bits per heavy atom. The number of hydrogen-bond donors (Lipinski definition) is 1. The number of imidazole rings is 1. The summed E-state index contributed by atoms with van der Waals surface area (Å²) in [6.45, 7) is 6.14. The van der Waals surface area contributed by atoms with Crippen LogP contribution in [0.4, 0.5) is 5.69 Å². The van der Waals surface area contributed by atoms with Gasteiger partial charge in [0.1, 0.15) is 5.75 Å². The van der Waals surface area contributed by atoms with E-state index in [1.54, 1.807) is 18.9 Å². The van der Waals surface area contributed by atoms with Crippen molar-refractivity contribution in [2.45, 2.75) is 69.3 Å². The molecular weight excluding hydrogens is 358 g/mol. The number of benzene rings is 1. The minimum absolute atomic E-state index is 0.0151. The van der Waals surface area contributed by atoms with Crippen LogP contribution < -0.4 is 10.1 Å². The van der Waals surface area contributed by atoms with Crippen molar-refractivity contribution in [1.82, 2.24) is 9.55 Å². The average Bonchev–Trinajstić information content (AvgIpc) is 2.96. The summed E-state index contributed by atoms with van der Waals surface area (Å²) in [5, 5.41) is 3.72. The Labute approximate surface area is 165 Å². The van der Waals surface area contributed by atoms with Gasteiger partial charge in [0, 0.05) is 17.4 Å². The van der Waals surface area contributed by atoms with E-state index < -0.39 is 0 Å². The molecule has 1 N–H and O–H groups in total. The maximum absolute atomic E-state index is 12.7. The van der Waals surface area contributed by atoms with Crippen molar-refractivity contribution in [2.75, 3.05) is 12.4 Å². The van der Waals surface area contributed by atoms with E-state index in [-0.39, 0.29) is 11.2 Å². The molecule has 3 rings (SSSR count). The highest BCUT2D eigenvalue weighted by Crippen LogP contribution is 2.35. The minimum atomic E-state index is -0.226. The molecule has 0 spiro atoms. The highest BCUT2D eigenvalue weighted by Gasteiger charge is 2.25. The third kappa shape index (κ3) is 4.67. The van der Waals surface area contributed by atoms with Crippen molar-refractivity contribution in [3.63, 3.8) is 0 Å². The van der Waals surface area contributed by atoms with Gasteiger partial charge in [-0.05, 0) is 57.9 Å². The fraction of sp³-hybridized carbons (Fsp3) is 0.524. The molecule has 6 heteroatoms. The van der Waals surface area contributed by atoms with E-state index >= 15 is 0 Å². The molecule has 1 aliphatic carbocycles. The predicted octanol–water partition coefficient (Wildman–Crippen LogP) is 5.13. The molecule has 1 fully saturated rings. The van der Waals surface area contributed by atoms with E-state index in [2.05, 4.69) is 23.7 Å². The van der Waals surface area contributed by atoms with Gasteiger partial charge in [-0.2, -0.15) is 0 Å². The van der Waals surface area contributed by atoms with E-state index in [0.29, 0.717) is 6.04 Å². The third-order valence-corrected chi connectivity index (χ3v) is 6.37. The zero-order valence-corrected chi connectivity index (χ0v) is 17.4. The highest BCUT2D eigenvalue weighted by molar-refractivity contribution is 8.00. The van der Waals surface area contributed by atoms with Gasteiger partial charge in [0.2, 0.25) is 5.91 Å². The molecule has 0 aliphatic heterocycles. The lowest BCUT2D eigenvalue weighted by Gasteiger charge is -2.26. The Hall–Kier alpha value is -1.95. The maximum Gasteiger partial charge on any atom is 0.237 e. The first kappa shape index (κ1) is 19.8. The maximum atomic E-state index is 12.7. The molecule has 1 aliphatic rings. The Balaban J connectivity index is 1.70. The van der Waals surface area contributed by atoms with Crippen molar-refractivity contribution >= 4 is 23.4 Å². The number of nitrogens with zero attached hydrogens (tertiary/aromatic N) is 2. The van der Waals surface area contributed by atoms with Gasteiger partial charge in [0.05, 0.1) is 18.1 Å². The van der Waals surface area contributed by atoms with Crippen LogP contribution in [0.5, 0.6) is 5.75 Å². The van der Waals surface area contributed by atoms with Gasteiger partial charge in [0.15, 0.2) is 5.16 Å². The number of thioether (sulfide) groups is 1. The monoisotopic (exact) mass is 387 g/mol. The second-order valence-corrected chi connectivity index (χ2v) is 8.51. The molecule has 1 amide bonds. The standard InChI is InChI=1S/C21H29N3O2S/c1-14-15(2)24(18-8-6-5-7-9-18)21(22-14)27-16(3)20(25)23-17-10-12-19(26-4)13-11-17/h10-13,16,18H,5-9H2,1-4H3,(H,23,25). The highest BCUT2D eigenvalue weighted by atomic mass is 32.2. The summed E-state index contributed by atoms with van der Waals surface area (Å²) in [6, 6.07) is 7.90. The fourth-order valence-corrected chi connectivity index (χ4v) is 4.65. The van der Waals surface area contributed by atoms with Crippen LogP contribution in [0.2, 0.25) is 0 Å². The SMILES string of the molecule is COc1ccc(NC(=O)C(C)Sc2nc(C)c(C)n2C2CCCCC2)cc1. The fourth-order valence-electron chi connectivity index (χ4n) is 3.58. The molecule has 1 saturated carbocycles. The summed E-state index contributed by atoms with van der Waals surface area (Å²) >= 11 is 1.55. The molecule has 1 unspecified atom stereocenters. The second-order valence-electron chi connectivity index (χ2n) is 7.20. The molecule has 1 aromatic heterocycles. The van der Waals surface area contributed by atoms with Crippen molar-refractivity contribution in [2.24, 2.45) is 0 Å². The molecular formula is C21H29N3O2S. The summed E-state index contributed by atoms with van der Waals surface area (Å²) in [6.07, 6.45) is 6.29. The average molecular weight is 388 g/mol. The first-order chi connectivity index (χ1) is 13.0. The number of aromatic nitrogens is 2. The topological polar surface area (TPSA) is 56.1 Å². The zero-order valence-electron chi connectivity index (χ0n) is 16.6. The molecule has 1 heterocycles. The van der Waals surface area contributed by atoms with E-state index in [9.17, 15) is 4.79 Å². The smallest absolute Gasteiger partial charge is 0.237 e. The van der Waals surface area contributed by atoms with E-state index in [0.717, 1.165) is 22.3 Å². The van der Waals surface area contributed by atoms with Crippen LogP contribution in [-0.2, 0) is 4.79 Å². The van der Waals surface area contributed by atoms with Crippen molar-refractivity contribution in [1.29, 1.82) is 0 Å². The number of nitrogens with one attached hydrogen (secondary N) is 1.